The summed E-state index contributed by atoms with van der Waals surface area (Å²) in [5.74, 6) is -1.23. The predicted molar refractivity (Wildman–Crippen MR) is 70.5 cm³/mol. The van der Waals surface area contributed by atoms with Gasteiger partial charge in [0, 0.05) is 17.0 Å². The van der Waals surface area contributed by atoms with Gasteiger partial charge in [-0.15, -0.1) is 0 Å². The second-order valence-electron chi connectivity index (χ2n) is 5.38. The first-order valence-corrected chi connectivity index (χ1v) is 5.88. The molecule has 0 radical (unpaired) electrons. The lowest BCUT2D eigenvalue weighted by atomic mass is 9.92. The summed E-state index contributed by atoms with van der Waals surface area (Å²) in [5, 5.41) is 0. The summed E-state index contributed by atoms with van der Waals surface area (Å²) in [4.78, 5) is 8.43. The fourth-order valence-electron chi connectivity index (χ4n) is 1.61. The van der Waals surface area contributed by atoms with Crippen molar-refractivity contribution in [3.8, 4) is 11.4 Å². The average molecular weight is 263 g/mol. The highest BCUT2D eigenvalue weighted by atomic mass is 19.2. The molecule has 1 aromatic carbocycles. The van der Waals surface area contributed by atoms with E-state index in [0.717, 1.165) is 17.8 Å². The van der Waals surface area contributed by atoms with Gasteiger partial charge in [0.05, 0.1) is 5.69 Å². The molecule has 2 aromatic rings. The maximum Gasteiger partial charge on any atom is 0.161 e. The normalized spacial score (nSPS) is 11.6. The molecule has 0 spiro atoms. The molecule has 1 aromatic heterocycles. The van der Waals surface area contributed by atoms with E-state index in [0.29, 0.717) is 17.2 Å². The summed E-state index contributed by atoms with van der Waals surface area (Å²) in [6, 6.07) is 5.23. The number of nitrogen functional groups attached to an aromatic ring is 1. The van der Waals surface area contributed by atoms with Gasteiger partial charge in [-0.2, -0.15) is 0 Å². The van der Waals surface area contributed by atoms with Gasteiger partial charge in [-0.05, 0) is 18.2 Å². The molecule has 5 heteroatoms. The Morgan fingerprint density at radius 1 is 1.00 bits per heavy atom. The topological polar surface area (TPSA) is 51.8 Å². The summed E-state index contributed by atoms with van der Waals surface area (Å²) < 4.78 is 26.2. The van der Waals surface area contributed by atoms with E-state index in [1.54, 1.807) is 6.07 Å². The highest BCUT2D eigenvalue weighted by Gasteiger charge is 2.18. The first-order valence-electron chi connectivity index (χ1n) is 5.88. The van der Waals surface area contributed by atoms with Gasteiger partial charge in [-0.3, -0.25) is 0 Å². The van der Waals surface area contributed by atoms with Crippen LogP contribution in [0.4, 0.5) is 14.6 Å². The van der Waals surface area contributed by atoms with Crippen LogP contribution in [-0.4, -0.2) is 9.97 Å². The lowest BCUT2D eigenvalue weighted by Gasteiger charge is -2.18. The summed E-state index contributed by atoms with van der Waals surface area (Å²) in [6.45, 7) is 5.97. The Labute approximate surface area is 110 Å². The van der Waals surface area contributed by atoms with E-state index < -0.39 is 11.6 Å². The van der Waals surface area contributed by atoms with Gasteiger partial charge in [0.2, 0.25) is 0 Å². The first kappa shape index (κ1) is 13.4. The number of nitrogens with zero attached hydrogens (tertiary/aromatic N) is 2. The summed E-state index contributed by atoms with van der Waals surface area (Å²) >= 11 is 0. The van der Waals surface area contributed by atoms with Crippen LogP contribution in [0.3, 0.4) is 0 Å². The second-order valence-corrected chi connectivity index (χ2v) is 5.38. The van der Waals surface area contributed by atoms with Crippen LogP contribution in [0.5, 0.6) is 0 Å². The lowest BCUT2D eigenvalue weighted by Crippen LogP contribution is -2.15. The third-order valence-electron chi connectivity index (χ3n) is 2.69. The molecule has 100 valence electrons. The molecule has 0 bridgehead atoms. The van der Waals surface area contributed by atoms with Crippen molar-refractivity contribution in [1.29, 1.82) is 0 Å². The highest BCUT2D eigenvalue weighted by Crippen LogP contribution is 2.25. The summed E-state index contributed by atoms with van der Waals surface area (Å²) in [5.41, 5.74) is 6.69. The number of nitrogens with two attached hydrogens (primary N) is 1. The molecule has 2 rings (SSSR count). The Morgan fingerprint density at radius 3 is 2.26 bits per heavy atom. The van der Waals surface area contributed by atoms with Gasteiger partial charge in [-0.1, -0.05) is 20.8 Å². The number of rotatable bonds is 1. The minimum Gasteiger partial charge on any atom is -0.384 e. The molecule has 0 aliphatic heterocycles. The quantitative estimate of drug-likeness (QED) is 0.858. The van der Waals surface area contributed by atoms with E-state index in [4.69, 9.17) is 5.73 Å². The number of halogens is 2. The smallest absolute Gasteiger partial charge is 0.161 e. The molecular weight excluding hydrogens is 248 g/mol. The molecule has 0 aliphatic rings. The van der Waals surface area contributed by atoms with Crippen LogP contribution in [-0.2, 0) is 5.41 Å². The summed E-state index contributed by atoms with van der Waals surface area (Å²) in [6.07, 6.45) is 0. The molecular formula is C14H15F2N3. The number of anilines is 1. The van der Waals surface area contributed by atoms with Crippen molar-refractivity contribution in [3.63, 3.8) is 0 Å². The van der Waals surface area contributed by atoms with Gasteiger partial charge in [0.15, 0.2) is 17.5 Å². The Bertz CT molecular complexity index is 619. The Kier molecular flexibility index (Phi) is 3.22. The number of hydrogen-bond donors (Lipinski definition) is 1. The zero-order valence-electron chi connectivity index (χ0n) is 11.0. The number of hydrogen-bond acceptors (Lipinski definition) is 3. The Morgan fingerprint density at radius 2 is 1.68 bits per heavy atom. The van der Waals surface area contributed by atoms with Gasteiger partial charge in [0.25, 0.3) is 0 Å². The van der Waals surface area contributed by atoms with Crippen LogP contribution < -0.4 is 5.73 Å². The van der Waals surface area contributed by atoms with Crippen molar-refractivity contribution in [2.75, 3.05) is 5.73 Å². The molecule has 0 saturated carbocycles. The third-order valence-corrected chi connectivity index (χ3v) is 2.69. The fourth-order valence-corrected chi connectivity index (χ4v) is 1.61. The fraction of sp³-hybridized carbons (Fsp3) is 0.286. The van der Waals surface area contributed by atoms with Crippen molar-refractivity contribution in [2.24, 2.45) is 0 Å². The predicted octanol–water partition coefficient (Wildman–Crippen LogP) is 3.30. The molecule has 0 amide bonds. The Balaban J connectivity index is 2.56. The maximum absolute atomic E-state index is 13.2. The SMILES string of the molecule is CC(C)(C)c1cc(N)nc(-c2ccc(F)c(F)c2)n1. The zero-order valence-corrected chi connectivity index (χ0v) is 11.0. The molecule has 0 atom stereocenters. The molecule has 1 heterocycles. The monoisotopic (exact) mass is 263 g/mol. The van der Waals surface area contributed by atoms with Crippen molar-refractivity contribution < 1.29 is 8.78 Å². The van der Waals surface area contributed by atoms with E-state index in [9.17, 15) is 8.78 Å². The maximum atomic E-state index is 13.2. The number of benzene rings is 1. The molecule has 19 heavy (non-hydrogen) atoms. The van der Waals surface area contributed by atoms with Crippen molar-refractivity contribution >= 4 is 5.82 Å². The van der Waals surface area contributed by atoms with Crippen LogP contribution in [0, 0.1) is 11.6 Å². The van der Waals surface area contributed by atoms with E-state index in [2.05, 4.69) is 9.97 Å². The van der Waals surface area contributed by atoms with Crippen molar-refractivity contribution in [2.45, 2.75) is 26.2 Å². The van der Waals surface area contributed by atoms with Crippen molar-refractivity contribution in [3.05, 3.63) is 41.6 Å². The van der Waals surface area contributed by atoms with Crippen LogP contribution in [0.1, 0.15) is 26.5 Å². The molecule has 0 saturated heterocycles. The Hall–Kier alpha value is -2.04. The largest absolute Gasteiger partial charge is 0.384 e. The van der Waals surface area contributed by atoms with E-state index in [1.165, 1.54) is 6.07 Å². The molecule has 0 aliphatic carbocycles. The van der Waals surface area contributed by atoms with Gasteiger partial charge in [-0.25, -0.2) is 18.7 Å². The van der Waals surface area contributed by atoms with Crippen LogP contribution >= 0.6 is 0 Å². The molecule has 3 nitrogen and oxygen atoms in total. The van der Waals surface area contributed by atoms with E-state index in [-0.39, 0.29) is 5.41 Å². The van der Waals surface area contributed by atoms with Gasteiger partial charge in [0.1, 0.15) is 5.82 Å². The molecule has 0 unspecified atom stereocenters. The minimum absolute atomic E-state index is 0.204. The number of aromatic nitrogens is 2. The average Bonchev–Trinajstić information content (AvgIpc) is 2.31. The van der Waals surface area contributed by atoms with Gasteiger partial charge < -0.3 is 5.73 Å². The zero-order chi connectivity index (χ0) is 14.2. The lowest BCUT2D eigenvalue weighted by molar-refractivity contribution is 0.509. The first-order chi connectivity index (χ1) is 8.77. The molecule has 0 fully saturated rings. The standard InChI is InChI=1S/C14H15F2N3/c1-14(2,3)11-7-12(17)19-13(18-11)8-4-5-9(15)10(16)6-8/h4-7H,1-3H3,(H2,17,18,19). The highest BCUT2D eigenvalue weighted by molar-refractivity contribution is 5.57. The van der Waals surface area contributed by atoms with E-state index in [1.807, 2.05) is 20.8 Å². The van der Waals surface area contributed by atoms with Crippen LogP contribution in [0.15, 0.2) is 24.3 Å². The van der Waals surface area contributed by atoms with Gasteiger partial charge >= 0.3 is 0 Å². The van der Waals surface area contributed by atoms with E-state index >= 15 is 0 Å². The van der Waals surface area contributed by atoms with Crippen molar-refractivity contribution in [1.82, 2.24) is 9.97 Å². The third kappa shape index (κ3) is 2.86. The second kappa shape index (κ2) is 4.57. The minimum atomic E-state index is -0.930. The molecule has 2 N–H and O–H groups in total. The van der Waals surface area contributed by atoms with Crippen LogP contribution in [0.2, 0.25) is 0 Å². The summed E-state index contributed by atoms with van der Waals surface area (Å²) in [7, 11) is 0. The van der Waals surface area contributed by atoms with Crippen LogP contribution in [0.25, 0.3) is 11.4 Å².